The molecular weight excluding hydrogens is 309 g/mol. The number of nitrogens with zero attached hydrogens (tertiary/aromatic N) is 1. The fourth-order valence-corrected chi connectivity index (χ4v) is 3.18. The first-order valence-electron chi connectivity index (χ1n) is 8.19. The molecule has 0 bridgehead atoms. The van der Waals surface area contributed by atoms with Gasteiger partial charge in [-0.05, 0) is 44.9 Å². The number of amides is 2. The Morgan fingerprint density at radius 1 is 1.26 bits per heavy atom. The highest BCUT2D eigenvalue weighted by Crippen LogP contribution is 2.24. The Kier molecular flexibility index (Phi) is 6.07. The lowest BCUT2D eigenvalue weighted by Gasteiger charge is -2.32. The van der Waals surface area contributed by atoms with Gasteiger partial charge in [0.05, 0.1) is 5.92 Å². The summed E-state index contributed by atoms with van der Waals surface area (Å²) in [5, 5.41) is 2.80. The first-order chi connectivity index (χ1) is 10.9. The third-order valence-electron chi connectivity index (χ3n) is 4.45. The molecule has 23 heavy (non-hydrogen) atoms. The number of allylic oxidation sites excluding steroid dienone is 1. The van der Waals surface area contributed by atoms with Crippen molar-refractivity contribution >= 4 is 11.8 Å². The fourth-order valence-electron chi connectivity index (χ4n) is 3.18. The van der Waals surface area contributed by atoms with Crippen LogP contribution in [0.4, 0.5) is 13.2 Å². The van der Waals surface area contributed by atoms with Crippen molar-refractivity contribution in [1.82, 2.24) is 10.2 Å². The number of nitrogens with one attached hydrogen (secondary N) is 1. The van der Waals surface area contributed by atoms with Crippen LogP contribution in [0.2, 0.25) is 0 Å². The molecule has 7 heteroatoms. The second-order valence-corrected chi connectivity index (χ2v) is 6.24. The van der Waals surface area contributed by atoms with Crippen LogP contribution in [0.1, 0.15) is 44.9 Å². The van der Waals surface area contributed by atoms with Crippen molar-refractivity contribution in [2.24, 2.45) is 5.92 Å². The molecule has 0 aromatic heterocycles. The number of hydrogen-bond acceptors (Lipinski definition) is 2. The molecular formula is C16H23F3N2O2. The molecule has 1 heterocycles. The van der Waals surface area contributed by atoms with E-state index in [9.17, 15) is 22.8 Å². The molecule has 1 N–H and O–H groups in total. The first-order valence-corrected chi connectivity index (χ1v) is 8.19. The highest BCUT2D eigenvalue weighted by molar-refractivity contribution is 5.84. The molecule has 0 saturated carbocycles. The van der Waals surface area contributed by atoms with Gasteiger partial charge in [-0.3, -0.25) is 9.59 Å². The van der Waals surface area contributed by atoms with Gasteiger partial charge < -0.3 is 10.2 Å². The maximum Gasteiger partial charge on any atom is 0.471 e. The zero-order valence-electron chi connectivity index (χ0n) is 13.1. The van der Waals surface area contributed by atoms with Crippen molar-refractivity contribution in [2.45, 2.75) is 51.1 Å². The van der Waals surface area contributed by atoms with Gasteiger partial charge in [-0.1, -0.05) is 11.6 Å². The average molecular weight is 332 g/mol. The third kappa shape index (κ3) is 5.25. The summed E-state index contributed by atoms with van der Waals surface area (Å²) in [6, 6.07) is 0. The largest absolute Gasteiger partial charge is 0.471 e. The second kappa shape index (κ2) is 7.84. The summed E-state index contributed by atoms with van der Waals surface area (Å²) in [6.07, 6.45) is 3.61. The first kappa shape index (κ1) is 17.8. The SMILES string of the molecule is O=C(NCCC1=CCCCC1)C1CCCN(C(=O)C(F)(F)F)C1. The van der Waals surface area contributed by atoms with Crippen LogP contribution < -0.4 is 5.32 Å². The molecule has 130 valence electrons. The van der Waals surface area contributed by atoms with E-state index in [0.29, 0.717) is 19.4 Å². The molecule has 2 rings (SSSR count). The number of carbonyl (C=O) groups is 2. The number of carbonyl (C=O) groups excluding carboxylic acids is 2. The van der Waals surface area contributed by atoms with Gasteiger partial charge >= 0.3 is 12.1 Å². The topological polar surface area (TPSA) is 49.4 Å². The minimum absolute atomic E-state index is 0.0645. The standard InChI is InChI=1S/C16H23F3N2O2/c17-16(18,19)15(23)21-10-4-7-13(11-21)14(22)20-9-8-12-5-2-1-3-6-12/h5,13H,1-4,6-11H2,(H,20,22). The Balaban J connectivity index is 1.77. The van der Waals surface area contributed by atoms with Crippen molar-refractivity contribution in [2.75, 3.05) is 19.6 Å². The molecule has 1 aliphatic heterocycles. The summed E-state index contributed by atoms with van der Waals surface area (Å²) in [6.45, 7) is 0.427. The molecule has 0 aromatic carbocycles. The summed E-state index contributed by atoms with van der Waals surface area (Å²) >= 11 is 0. The molecule has 1 saturated heterocycles. The van der Waals surface area contributed by atoms with Gasteiger partial charge in [0.15, 0.2) is 0 Å². The van der Waals surface area contributed by atoms with Crippen molar-refractivity contribution in [3.63, 3.8) is 0 Å². The van der Waals surface area contributed by atoms with Crippen molar-refractivity contribution in [3.05, 3.63) is 11.6 Å². The van der Waals surface area contributed by atoms with Crippen LogP contribution >= 0.6 is 0 Å². The number of likely N-dealkylation sites (tertiary alicyclic amines) is 1. The number of hydrogen-bond donors (Lipinski definition) is 1. The molecule has 1 atom stereocenters. The zero-order chi connectivity index (χ0) is 16.9. The van der Waals surface area contributed by atoms with Gasteiger partial charge in [-0.25, -0.2) is 0 Å². The van der Waals surface area contributed by atoms with E-state index >= 15 is 0 Å². The van der Waals surface area contributed by atoms with E-state index in [2.05, 4.69) is 11.4 Å². The lowest BCUT2D eigenvalue weighted by atomic mass is 9.96. The molecule has 1 unspecified atom stereocenters. The lowest BCUT2D eigenvalue weighted by molar-refractivity contribution is -0.187. The molecule has 4 nitrogen and oxygen atoms in total. The van der Waals surface area contributed by atoms with Crippen LogP contribution in [0.5, 0.6) is 0 Å². The van der Waals surface area contributed by atoms with E-state index < -0.39 is 18.0 Å². The predicted molar refractivity (Wildman–Crippen MR) is 79.5 cm³/mol. The Labute approximate surface area is 134 Å². The van der Waals surface area contributed by atoms with E-state index in [0.717, 1.165) is 24.2 Å². The molecule has 2 aliphatic rings. The van der Waals surface area contributed by atoms with Crippen LogP contribution in [0.15, 0.2) is 11.6 Å². The van der Waals surface area contributed by atoms with Crippen molar-refractivity contribution in [1.29, 1.82) is 0 Å². The van der Waals surface area contributed by atoms with E-state index in [4.69, 9.17) is 0 Å². The van der Waals surface area contributed by atoms with Crippen LogP contribution in [0.25, 0.3) is 0 Å². The van der Waals surface area contributed by atoms with Crippen LogP contribution in [0.3, 0.4) is 0 Å². The molecule has 1 fully saturated rings. The lowest BCUT2D eigenvalue weighted by Crippen LogP contribution is -2.49. The maximum absolute atomic E-state index is 12.5. The Bertz CT molecular complexity index is 474. The normalized spacial score (nSPS) is 22.5. The molecule has 0 radical (unpaired) electrons. The zero-order valence-corrected chi connectivity index (χ0v) is 13.1. The molecule has 0 spiro atoms. The average Bonchev–Trinajstić information content (AvgIpc) is 2.54. The third-order valence-corrected chi connectivity index (χ3v) is 4.45. The van der Waals surface area contributed by atoms with E-state index in [-0.39, 0.29) is 19.0 Å². The van der Waals surface area contributed by atoms with Gasteiger partial charge in [0, 0.05) is 19.6 Å². The summed E-state index contributed by atoms with van der Waals surface area (Å²) in [5.41, 5.74) is 1.34. The molecule has 1 aliphatic carbocycles. The Hall–Kier alpha value is -1.53. The van der Waals surface area contributed by atoms with Crippen molar-refractivity contribution < 1.29 is 22.8 Å². The van der Waals surface area contributed by atoms with Gasteiger partial charge in [0.2, 0.25) is 5.91 Å². The number of rotatable bonds is 4. The fraction of sp³-hybridized carbons (Fsp3) is 0.750. The molecule has 2 amide bonds. The minimum atomic E-state index is -4.87. The monoisotopic (exact) mass is 332 g/mol. The van der Waals surface area contributed by atoms with Gasteiger partial charge in [-0.2, -0.15) is 13.2 Å². The van der Waals surface area contributed by atoms with E-state index in [1.54, 1.807) is 0 Å². The van der Waals surface area contributed by atoms with E-state index in [1.807, 2.05) is 0 Å². The molecule has 0 aromatic rings. The summed E-state index contributed by atoms with van der Waals surface area (Å²) in [4.78, 5) is 24.1. The second-order valence-electron chi connectivity index (χ2n) is 6.24. The van der Waals surface area contributed by atoms with Gasteiger partial charge in [0.1, 0.15) is 0 Å². The highest BCUT2D eigenvalue weighted by Gasteiger charge is 2.44. The number of piperidine rings is 1. The van der Waals surface area contributed by atoms with Crippen LogP contribution in [-0.4, -0.2) is 42.5 Å². The quantitative estimate of drug-likeness (QED) is 0.805. The number of alkyl halides is 3. The summed E-state index contributed by atoms with van der Waals surface area (Å²) in [5.74, 6) is -2.64. The van der Waals surface area contributed by atoms with Gasteiger partial charge in [-0.15, -0.1) is 0 Å². The Morgan fingerprint density at radius 2 is 2.04 bits per heavy atom. The number of halogens is 3. The smallest absolute Gasteiger partial charge is 0.355 e. The highest BCUT2D eigenvalue weighted by atomic mass is 19.4. The van der Waals surface area contributed by atoms with Crippen molar-refractivity contribution in [3.8, 4) is 0 Å². The Morgan fingerprint density at radius 3 is 2.70 bits per heavy atom. The minimum Gasteiger partial charge on any atom is -0.355 e. The van der Waals surface area contributed by atoms with Crippen LogP contribution in [0, 0.1) is 5.92 Å². The predicted octanol–water partition coefficient (Wildman–Crippen LogP) is 2.79. The summed E-state index contributed by atoms with van der Waals surface area (Å²) in [7, 11) is 0. The van der Waals surface area contributed by atoms with Crippen LogP contribution in [-0.2, 0) is 9.59 Å². The van der Waals surface area contributed by atoms with Gasteiger partial charge in [0.25, 0.3) is 0 Å². The van der Waals surface area contributed by atoms with E-state index in [1.165, 1.54) is 18.4 Å². The summed E-state index contributed by atoms with van der Waals surface area (Å²) < 4.78 is 37.4. The maximum atomic E-state index is 12.5.